The van der Waals surface area contributed by atoms with E-state index in [1.54, 1.807) is 0 Å². The monoisotopic (exact) mass is 1550 g/mol. The summed E-state index contributed by atoms with van der Waals surface area (Å²) in [6, 6.07) is 0. The molecule has 1 heterocycles. The first-order chi connectivity index (χ1) is 43.8. The number of rotatable bonds is 21. The Balaban J connectivity index is 0.000000348. The standard InChI is InChI=1S/C19H26F4O7S.C15H20F4O6S.C12H16F2O5S.C9H12F2O7S.4CH3/c20-18(21,19(22,23)31(26,27)28)9-8-14(24)29-15-12-6-7-13(10-12)16(15)30-17(25)11-4-2-1-3-5-11;16-14(17,15(18,19)26(22,23)24)2-1-11(20)25-13-6-9-3-10(7-13)5-12(21,4-9)8-13;13-12(14,20(16,17)18)19-10(15)11-4-7-1-8(5-11)3-9(2-7)6-11;10-9(11,19(14,15)16)5-18-8(13)6-3-1-2-4-17-7(6)12;;;;/h11-13,15-16H,1-10H2,(H,26,27,28);9-10,21H,1-8H2,(H,22,23,24);7-9H,1-6H2,(H,16,17,18);6H,1-5H2,(H,14,15,16);4*1H3/q;;;;4*+1/p-4. The van der Waals surface area contributed by atoms with Gasteiger partial charge in [0, 0.05) is 60.8 Å². The number of fused-ring (bicyclic) bond motifs is 2. The molecule has 0 radical (unpaired) electrons. The van der Waals surface area contributed by atoms with Crippen molar-refractivity contribution in [1.29, 1.82) is 0 Å². The van der Waals surface area contributed by atoms with Crippen molar-refractivity contribution in [2.24, 2.45) is 58.7 Å². The predicted molar refractivity (Wildman–Crippen MR) is 314 cm³/mol. The van der Waals surface area contributed by atoms with Gasteiger partial charge in [-0.1, -0.05) is 19.3 Å². The minimum absolute atomic E-state index is 0. The largest absolute Gasteiger partial charge is 0.743 e. The van der Waals surface area contributed by atoms with Gasteiger partial charge in [0.15, 0.2) is 42.9 Å². The van der Waals surface area contributed by atoms with E-state index in [0.717, 1.165) is 64.2 Å². The molecule has 0 aromatic rings. The zero-order valence-electron chi connectivity index (χ0n) is 54.8. The molecule has 12 rings (SSSR count). The number of cyclic esters (lactones) is 1. The summed E-state index contributed by atoms with van der Waals surface area (Å²) in [6.45, 7) is -1.80. The minimum atomic E-state index is -6.61. The van der Waals surface area contributed by atoms with Crippen LogP contribution in [0.1, 0.15) is 173 Å². The molecule has 1 saturated heterocycles. The molecule has 7 atom stereocenters. The highest BCUT2D eigenvalue weighted by atomic mass is 32.2. The number of alkyl halides is 12. The third-order valence-electron chi connectivity index (χ3n) is 19.7. The normalized spacial score (nSPS) is 30.9. The lowest BCUT2D eigenvalue weighted by atomic mass is 9.49. The van der Waals surface area contributed by atoms with Crippen LogP contribution in [0.5, 0.6) is 0 Å². The highest BCUT2D eigenvalue weighted by molar-refractivity contribution is 7.87. The van der Waals surface area contributed by atoms with Crippen molar-refractivity contribution < 1.29 is 167 Å². The first kappa shape index (κ1) is 89.3. The summed E-state index contributed by atoms with van der Waals surface area (Å²) in [5.74, 6) is -17.1. The lowest BCUT2D eigenvalue weighted by Gasteiger charge is -2.59. The van der Waals surface area contributed by atoms with Gasteiger partial charge in [-0.3, -0.25) is 28.8 Å². The van der Waals surface area contributed by atoms with Crippen molar-refractivity contribution in [1.82, 2.24) is 0 Å². The molecule has 1 N–H and O–H groups in total. The Morgan fingerprint density at radius 1 is 0.520 bits per heavy atom. The van der Waals surface area contributed by atoms with Gasteiger partial charge in [0.1, 0.15) is 17.8 Å². The summed E-state index contributed by atoms with van der Waals surface area (Å²) in [5.41, 5.74) is -7.94. The molecular formula is C59H82F12O25S4. The van der Waals surface area contributed by atoms with E-state index in [0.29, 0.717) is 88.4 Å². The second kappa shape index (κ2) is 32.2. The smallest absolute Gasteiger partial charge is 0.499 e. The number of ether oxygens (including phenoxy) is 6. The molecule has 12 aliphatic rings. The Kier molecular flexibility index (Phi) is 28.7. The van der Waals surface area contributed by atoms with Crippen molar-refractivity contribution in [3.63, 3.8) is 0 Å². The molecule has 100 heavy (non-hydrogen) atoms. The van der Waals surface area contributed by atoms with E-state index >= 15 is 0 Å². The highest BCUT2D eigenvalue weighted by Gasteiger charge is 2.64. The lowest BCUT2D eigenvalue weighted by molar-refractivity contribution is -0.222. The average Bonchev–Trinajstić information content (AvgIpc) is 0.975. The summed E-state index contributed by atoms with van der Waals surface area (Å²) in [6.07, 6.45) is 7.51. The quantitative estimate of drug-likeness (QED) is 0.0279. The Hall–Kier alpha value is -4.94. The van der Waals surface area contributed by atoms with Crippen molar-refractivity contribution >= 4 is 76.3 Å². The third-order valence-corrected chi connectivity index (χ3v) is 23.1. The molecule has 12 fully saturated rings. The zero-order valence-corrected chi connectivity index (χ0v) is 58.0. The van der Waals surface area contributed by atoms with E-state index < -0.39 is 170 Å². The van der Waals surface area contributed by atoms with E-state index in [-0.39, 0.29) is 84.7 Å². The van der Waals surface area contributed by atoms with Crippen LogP contribution in [-0.4, -0.2) is 162 Å². The van der Waals surface area contributed by atoms with E-state index in [2.05, 4.69) is 14.2 Å². The van der Waals surface area contributed by atoms with E-state index in [9.17, 15) is 138 Å². The molecule has 7 unspecified atom stereocenters. The van der Waals surface area contributed by atoms with E-state index in [1.165, 1.54) is 0 Å². The first-order valence-electron chi connectivity index (χ1n) is 30.8. The lowest BCUT2D eigenvalue weighted by Crippen LogP contribution is -2.60. The Bertz CT molecular complexity index is 3320. The molecule has 1 aliphatic heterocycles. The second-order valence-electron chi connectivity index (χ2n) is 27.1. The molecule has 0 spiro atoms. The number of carbonyl (C=O) groups is 6. The fourth-order valence-corrected chi connectivity index (χ4v) is 17.3. The summed E-state index contributed by atoms with van der Waals surface area (Å²) in [4.78, 5) is 71.2. The number of aliphatic hydroxyl groups is 1. The second-order valence-corrected chi connectivity index (χ2v) is 32.9. The van der Waals surface area contributed by atoms with Crippen LogP contribution in [0, 0.1) is 88.4 Å². The SMILES string of the molecule is O=C(CCC(F)(F)C(F)(F)S(=O)(=O)[O-])OC12CC3CC(CC(O)(C3)C1)C2.O=C(CCC(F)(F)C(F)(F)S(=O)(=O)[O-])OC1C2CCC(C2)C1OC(=O)C1CCCCC1.O=C(OC(F)(F)S(=O)(=O)[O-])C12CC3CC(CC(C3)C1)C2.O=C1OCCCCC1C(=O)OCC(F)(F)S(=O)(=O)[O-].[CH3+].[CH3+].[CH3+].[CH3+]. The maximum atomic E-state index is 13.6. The van der Waals surface area contributed by atoms with Crippen LogP contribution in [0.4, 0.5) is 52.7 Å². The van der Waals surface area contributed by atoms with Crippen LogP contribution in [0.15, 0.2) is 0 Å². The van der Waals surface area contributed by atoms with Crippen LogP contribution in [0.2, 0.25) is 0 Å². The maximum absolute atomic E-state index is 13.6. The van der Waals surface area contributed by atoms with Gasteiger partial charge in [-0.05, 0) is 152 Å². The molecule has 11 saturated carbocycles. The van der Waals surface area contributed by atoms with Crippen LogP contribution < -0.4 is 0 Å². The van der Waals surface area contributed by atoms with Gasteiger partial charge < -0.3 is 51.7 Å². The summed E-state index contributed by atoms with van der Waals surface area (Å²) in [5, 5.41) is -5.85. The summed E-state index contributed by atoms with van der Waals surface area (Å²) >= 11 is 0. The maximum Gasteiger partial charge on any atom is 0.499 e. The van der Waals surface area contributed by atoms with Crippen molar-refractivity contribution in [3.05, 3.63) is 29.7 Å². The van der Waals surface area contributed by atoms with Gasteiger partial charge in [-0.2, -0.15) is 52.7 Å². The van der Waals surface area contributed by atoms with Crippen molar-refractivity contribution in [2.75, 3.05) is 13.2 Å². The first-order valence-corrected chi connectivity index (χ1v) is 36.4. The molecule has 41 heteroatoms. The molecule has 10 bridgehead atoms. The molecule has 576 valence electrons. The van der Waals surface area contributed by atoms with Gasteiger partial charge >= 0.3 is 68.9 Å². The molecule has 0 amide bonds. The molecule has 25 nitrogen and oxygen atoms in total. The number of esters is 6. The van der Waals surface area contributed by atoms with Crippen LogP contribution in [0.25, 0.3) is 0 Å². The topological polar surface area (TPSA) is 407 Å². The van der Waals surface area contributed by atoms with Gasteiger partial charge in [-0.15, -0.1) is 0 Å². The van der Waals surface area contributed by atoms with E-state index in [1.807, 2.05) is 0 Å². The molecule has 0 aromatic heterocycles. The fraction of sp³-hybridized carbons (Fsp3) is 0.831. The minimum Gasteiger partial charge on any atom is -0.743 e. The van der Waals surface area contributed by atoms with Gasteiger partial charge in [0.05, 0.1) is 36.4 Å². The Labute approximate surface area is 572 Å². The average molecular weight is 1550 g/mol. The third kappa shape index (κ3) is 20.3. The summed E-state index contributed by atoms with van der Waals surface area (Å²) in [7, 11) is -25.1. The zero-order chi connectivity index (χ0) is 72.1. The van der Waals surface area contributed by atoms with Gasteiger partial charge in [0.25, 0.3) is 0 Å². The number of carbonyl (C=O) groups excluding carboxylic acids is 6. The van der Waals surface area contributed by atoms with Crippen molar-refractivity contribution in [2.45, 2.75) is 230 Å². The van der Waals surface area contributed by atoms with Gasteiger partial charge in [-0.25, -0.2) is 33.7 Å². The van der Waals surface area contributed by atoms with E-state index in [4.69, 9.17) is 14.2 Å². The predicted octanol–water partition coefficient (Wildman–Crippen LogP) is 9.19. The number of halogens is 12. The molecule has 11 aliphatic carbocycles. The Morgan fingerprint density at radius 3 is 1.40 bits per heavy atom. The summed E-state index contributed by atoms with van der Waals surface area (Å²) < 4.78 is 311. The van der Waals surface area contributed by atoms with Gasteiger partial charge in [0.2, 0.25) is 10.1 Å². The van der Waals surface area contributed by atoms with Crippen molar-refractivity contribution in [3.8, 4) is 0 Å². The van der Waals surface area contributed by atoms with Crippen LogP contribution in [-0.2, 0) is 97.7 Å². The Morgan fingerprint density at radius 2 is 0.960 bits per heavy atom. The number of hydrogen-bond donors (Lipinski definition) is 1. The fourth-order valence-electron chi connectivity index (χ4n) is 16.0. The van der Waals surface area contributed by atoms with Crippen LogP contribution in [0.3, 0.4) is 0 Å². The number of hydrogen-bond acceptors (Lipinski definition) is 25. The molecule has 0 aromatic carbocycles. The molecular weight excluding hydrogens is 1460 g/mol. The van der Waals surface area contributed by atoms with Crippen LogP contribution >= 0.6 is 0 Å². The highest BCUT2D eigenvalue weighted by Crippen LogP contribution is 2.62.